The van der Waals surface area contributed by atoms with E-state index in [1.165, 1.54) is 31.5 Å². The Hall–Kier alpha value is -4.06. The van der Waals surface area contributed by atoms with E-state index < -0.39 is 17.9 Å². The molecule has 0 aliphatic heterocycles. The lowest BCUT2D eigenvalue weighted by Crippen LogP contribution is -2.48. The van der Waals surface area contributed by atoms with E-state index in [0.717, 1.165) is 5.56 Å². The van der Waals surface area contributed by atoms with E-state index in [9.17, 15) is 14.9 Å². The van der Waals surface area contributed by atoms with E-state index >= 15 is 0 Å². The molecule has 1 unspecified atom stereocenters. The number of carbonyl (C=O) groups is 2. The Labute approximate surface area is 231 Å². The highest BCUT2D eigenvalue weighted by atomic mass is 35.5. The second-order valence-electron chi connectivity index (χ2n) is 8.53. The van der Waals surface area contributed by atoms with Gasteiger partial charge in [-0.05, 0) is 53.9 Å². The van der Waals surface area contributed by atoms with Gasteiger partial charge in [-0.2, -0.15) is 10.4 Å². The smallest absolute Gasteiger partial charge is 0.262 e. The van der Waals surface area contributed by atoms with Gasteiger partial charge in [-0.15, -0.1) is 0 Å². The summed E-state index contributed by atoms with van der Waals surface area (Å²) in [5.74, 6) is -0.193. The minimum atomic E-state index is -0.837. The van der Waals surface area contributed by atoms with E-state index in [4.69, 9.17) is 32.7 Å². The molecule has 0 heterocycles. The van der Waals surface area contributed by atoms with Crippen LogP contribution in [0.2, 0.25) is 10.0 Å². The topological polar surface area (TPSA) is 113 Å². The monoisotopic (exact) mass is 552 g/mol. The number of nitrogens with one attached hydrogen (secondary N) is 2. The van der Waals surface area contributed by atoms with Crippen LogP contribution in [0.25, 0.3) is 0 Å². The van der Waals surface area contributed by atoms with Crippen LogP contribution >= 0.6 is 23.2 Å². The number of nitriles is 1. The molecule has 2 N–H and O–H groups in total. The first kappa shape index (κ1) is 28.5. The molecule has 196 valence electrons. The van der Waals surface area contributed by atoms with Gasteiger partial charge in [0.2, 0.25) is 0 Å². The van der Waals surface area contributed by atoms with Gasteiger partial charge in [-0.25, -0.2) is 5.43 Å². The zero-order chi connectivity index (χ0) is 27.7. The van der Waals surface area contributed by atoms with Crippen LogP contribution in [-0.4, -0.2) is 31.2 Å². The minimum absolute atomic E-state index is 0.203. The highest BCUT2D eigenvalue weighted by Crippen LogP contribution is 2.29. The minimum Gasteiger partial charge on any atom is -0.493 e. The molecule has 0 spiro atoms. The Morgan fingerprint density at radius 1 is 1.05 bits per heavy atom. The molecule has 3 aromatic carbocycles. The summed E-state index contributed by atoms with van der Waals surface area (Å²) in [5, 5.41) is 16.6. The Balaban J connectivity index is 1.63. The maximum absolute atomic E-state index is 12.8. The third-order valence-electron chi connectivity index (χ3n) is 5.51. The Kier molecular flexibility index (Phi) is 10.1. The number of methoxy groups -OCH3 is 1. The summed E-state index contributed by atoms with van der Waals surface area (Å²) in [6, 6.07) is 18.1. The van der Waals surface area contributed by atoms with Gasteiger partial charge in [-0.3, -0.25) is 9.59 Å². The van der Waals surface area contributed by atoms with Crippen LogP contribution in [0.5, 0.6) is 11.5 Å². The molecule has 0 aliphatic carbocycles. The van der Waals surface area contributed by atoms with Crippen molar-refractivity contribution in [1.82, 2.24) is 10.7 Å². The van der Waals surface area contributed by atoms with Gasteiger partial charge in [0, 0.05) is 11.1 Å². The molecule has 0 aliphatic rings. The SMILES string of the molecule is COc1cc(/C=N/NC(=O)C(NC(=O)c2ccc(Cl)c(Cl)c2)C(C)C)ccc1OCc1ccccc1C#N. The largest absolute Gasteiger partial charge is 0.493 e. The third-order valence-corrected chi connectivity index (χ3v) is 6.25. The van der Waals surface area contributed by atoms with Crippen LogP contribution in [0.15, 0.2) is 65.8 Å². The van der Waals surface area contributed by atoms with Crippen molar-refractivity contribution < 1.29 is 19.1 Å². The number of nitrogens with zero attached hydrogens (tertiary/aromatic N) is 2. The van der Waals surface area contributed by atoms with Crippen molar-refractivity contribution in [3.05, 3.63) is 93.0 Å². The van der Waals surface area contributed by atoms with Crippen LogP contribution in [0, 0.1) is 17.2 Å². The predicted molar refractivity (Wildman–Crippen MR) is 147 cm³/mol. The molecule has 3 rings (SSSR count). The summed E-state index contributed by atoms with van der Waals surface area (Å²) in [6.07, 6.45) is 1.45. The number of halogens is 2. The standard InChI is InChI=1S/C28H26Cl2N4O4/c1-17(2)26(33-27(35)19-9-10-22(29)23(30)13-19)28(36)34-32-15-18-8-11-24(25(12-18)37-3)38-16-21-7-5-4-6-20(21)14-31/h4-13,15,17,26H,16H2,1-3H3,(H,33,35)(H,34,36)/b32-15+. The van der Waals surface area contributed by atoms with E-state index in [2.05, 4.69) is 21.9 Å². The number of carbonyl (C=O) groups excluding carboxylic acids is 2. The van der Waals surface area contributed by atoms with Crippen molar-refractivity contribution in [3.63, 3.8) is 0 Å². The number of hydrazone groups is 1. The molecule has 1 atom stereocenters. The molecule has 0 aromatic heterocycles. The fourth-order valence-corrected chi connectivity index (χ4v) is 3.73. The number of rotatable bonds is 10. The highest BCUT2D eigenvalue weighted by Gasteiger charge is 2.24. The lowest BCUT2D eigenvalue weighted by molar-refractivity contribution is -0.123. The van der Waals surface area contributed by atoms with Crippen LogP contribution in [0.4, 0.5) is 0 Å². The second kappa shape index (κ2) is 13.5. The summed E-state index contributed by atoms with van der Waals surface area (Å²) < 4.78 is 11.3. The van der Waals surface area contributed by atoms with Crippen LogP contribution in [0.3, 0.4) is 0 Å². The fraction of sp³-hybridized carbons (Fsp3) is 0.214. The van der Waals surface area contributed by atoms with Crippen molar-refractivity contribution in [3.8, 4) is 17.6 Å². The van der Waals surface area contributed by atoms with E-state index in [0.29, 0.717) is 27.6 Å². The van der Waals surface area contributed by atoms with Crippen molar-refractivity contribution in [1.29, 1.82) is 5.26 Å². The molecule has 0 saturated carbocycles. The van der Waals surface area contributed by atoms with Gasteiger partial charge in [-0.1, -0.05) is 55.2 Å². The van der Waals surface area contributed by atoms with E-state index in [1.54, 1.807) is 30.3 Å². The number of benzene rings is 3. The average Bonchev–Trinajstić information content (AvgIpc) is 2.92. The fourth-order valence-electron chi connectivity index (χ4n) is 3.43. The van der Waals surface area contributed by atoms with Gasteiger partial charge >= 0.3 is 0 Å². The van der Waals surface area contributed by atoms with Crippen LogP contribution < -0.4 is 20.2 Å². The highest BCUT2D eigenvalue weighted by molar-refractivity contribution is 6.42. The van der Waals surface area contributed by atoms with Crippen LogP contribution in [0.1, 0.15) is 40.9 Å². The second-order valence-corrected chi connectivity index (χ2v) is 9.34. The molecule has 38 heavy (non-hydrogen) atoms. The van der Waals surface area contributed by atoms with Crippen molar-refractivity contribution in [2.75, 3.05) is 7.11 Å². The first-order valence-electron chi connectivity index (χ1n) is 11.6. The number of ether oxygens (including phenoxy) is 2. The average molecular weight is 553 g/mol. The summed E-state index contributed by atoms with van der Waals surface area (Å²) in [5.41, 5.74) is 4.70. The van der Waals surface area contributed by atoms with Gasteiger partial charge in [0.25, 0.3) is 11.8 Å². The summed E-state index contributed by atoms with van der Waals surface area (Å²) in [6.45, 7) is 3.82. The zero-order valence-corrected chi connectivity index (χ0v) is 22.5. The van der Waals surface area contributed by atoms with Crippen molar-refractivity contribution in [2.24, 2.45) is 11.0 Å². The molecule has 0 saturated heterocycles. The molecular formula is C28H26Cl2N4O4. The van der Waals surface area contributed by atoms with Gasteiger partial charge in [0.05, 0.1) is 35.0 Å². The molecule has 8 nitrogen and oxygen atoms in total. The van der Waals surface area contributed by atoms with Gasteiger partial charge in [0.15, 0.2) is 11.5 Å². The maximum atomic E-state index is 12.8. The molecule has 3 aromatic rings. The van der Waals surface area contributed by atoms with E-state index in [-0.39, 0.29) is 23.1 Å². The quantitative estimate of drug-likeness (QED) is 0.259. The molecule has 0 fully saturated rings. The number of amides is 2. The number of hydrogen-bond donors (Lipinski definition) is 2. The molecule has 2 amide bonds. The zero-order valence-electron chi connectivity index (χ0n) is 21.0. The molecular weight excluding hydrogens is 527 g/mol. The predicted octanol–water partition coefficient (Wildman–Crippen LogP) is 5.36. The normalized spacial score (nSPS) is 11.6. The van der Waals surface area contributed by atoms with Crippen molar-refractivity contribution >= 4 is 41.2 Å². The summed E-state index contributed by atoms with van der Waals surface area (Å²) in [7, 11) is 1.51. The first-order chi connectivity index (χ1) is 18.2. The van der Waals surface area contributed by atoms with E-state index in [1.807, 2.05) is 26.0 Å². The number of hydrogen-bond acceptors (Lipinski definition) is 6. The van der Waals surface area contributed by atoms with Gasteiger partial charge < -0.3 is 14.8 Å². The first-order valence-corrected chi connectivity index (χ1v) is 12.4. The van der Waals surface area contributed by atoms with Crippen molar-refractivity contribution in [2.45, 2.75) is 26.5 Å². The lowest BCUT2D eigenvalue weighted by atomic mass is 10.0. The summed E-state index contributed by atoms with van der Waals surface area (Å²) in [4.78, 5) is 25.4. The molecule has 0 radical (unpaired) electrons. The Morgan fingerprint density at radius 2 is 1.82 bits per heavy atom. The third kappa shape index (κ3) is 7.48. The van der Waals surface area contributed by atoms with Gasteiger partial charge in [0.1, 0.15) is 12.6 Å². The summed E-state index contributed by atoms with van der Waals surface area (Å²) >= 11 is 11.9. The molecule has 10 heteroatoms. The Bertz CT molecular complexity index is 1390. The molecule has 0 bridgehead atoms. The Morgan fingerprint density at radius 3 is 2.50 bits per heavy atom. The van der Waals surface area contributed by atoms with Crippen LogP contribution in [-0.2, 0) is 11.4 Å². The lowest BCUT2D eigenvalue weighted by Gasteiger charge is -2.20. The maximum Gasteiger partial charge on any atom is 0.262 e.